The number of amides is 1. The van der Waals surface area contributed by atoms with Crippen LogP contribution in [-0.2, 0) is 18.9 Å². The van der Waals surface area contributed by atoms with Crippen LogP contribution in [0.5, 0.6) is 0 Å². The van der Waals surface area contributed by atoms with Crippen LogP contribution in [0, 0.1) is 0 Å². The van der Waals surface area contributed by atoms with Crippen molar-refractivity contribution in [2.24, 2.45) is 5.73 Å². The number of carboxylic acids is 1. The zero-order valence-electron chi connectivity index (χ0n) is 55.9. The molecule has 2 aliphatic carbocycles. The van der Waals surface area contributed by atoms with Gasteiger partial charge in [0.2, 0.25) is 0 Å². The van der Waals surface area contributed by atoms with Crippen molar-refractivity contribution in [2.75, 3.05) is 83.3 Å². The molecule has 2 saturated carbocycles. The number of esters is 1. The van der Waals surface area contributed by atoms with Gasteiger partial charge in [-0.15, -0.1) is 0 Å². The third kappa shape index (κ3) is 13.0. The number of ether oxygens (including phenoxy) is 4. The molecule has 0 bridgehead atoms. The lowest BCUT2D eigenvalue weighted by Crippen LogP contribution is -2.50. The molecule has 3 saturated heterocycles. The van der Waals surface area contributed by atoms with Crippen LogP contribution in [0.25, 0.3) is 83.8 Å². The van der Waals surface area contributed by atoms with Crippen molar-refractivity contribution in [3.05, 3.63) is 127 Å². The largest absolute Gasteiger partial charge is 0.477 e. The van der Waals surface area contributed by atoms with Gasteiger partial charge in [-0.05, 0) is 108 Å². The Bertz CT molecular complexity index is 4950. The minimum Gasteiger partial charge on any atom is -0.477 e. The van der Waals surface area contributed by atoms with E-state index in [1.165, 1.54) is 23.1 Å². The first-order chi connectivity index (χ1) is 48.8. The molecule has 12 aromatic rings. The molecule has 5 aliphatic rings. The topological polar surface area (TPSA) is 367 Å². The van der Waals surface area contributed by atoms with Crippen molar-refractivity contribution >= 4 is 85.3 Å². The number of aromatic carboxylic acids is 1. The van der Waals surface area contributed by atoms with Crippen molar-refractivity contribution in [3.63, 3.8) is 0 Å². The average Bonchev–Trinajstić information content (AvgIpc) is 1.61. The van der Waals surface area contributed by atoms with Crippen LogP contribution in [0.1, 0.15) is 120 Å². The Kier molecular flexibility index (Phi) is 19.4. The van der Waals surface area contributed by atoms with Gasteiger partial charge in [-0.3, -0.25) is 4.79 Å². The Morgan fingerprint density at radius 3 is 1.26 bits per heavy atom. The Morgan fingerprint density at radius 2 is 0.930 bits per heavy atom. The molecule has 5 fully saturated rings. The first kappa shape index (κ1) is 66.7. The molecule has 17 rings (SSSR count). The lowest BCUT2D eigenvalue weighted by atomic mass is 9.89. The van der Waals surface area contributed by atoms with E-state index in [1.54, 1.807) is 41.6 Å². The summed E-state index contributed by atoms with van der Waals surface area (Å²) < 4.78 is 33.6. The molecular formula is C70H80N20O10. The van der Waals surface area contributed by atoms with Gasteiger partial charge >= 0.3 is 11.9 Å². The number of hydrogen-bond donors (Lipinski definition) is 8. The lowest BCUT2D eigenvalue weighted by molar-refractivity contribution is 0.0448. The second-order valence-corrected chi connectivity index (χ2v) is 25.4. The van der Waals surface area contributed by atoms with E-state index in [1.807, 2.05) is 74.9 Å². The van der Waals surface area contributed by atoms with E-state index in [9.17, 15) is 24.6 Å². The van der Waals surface area contributed by atoms with Crippen LogP contribution in [0.2, 0.25) is 0 Å². The number of aliphatic hydroxyl groups excluding tert-OH is 2. The molecule has 3 aliphatic heterocycles. The summed E-state index contributed by atoms with van der Waals surface area (Å²) in [6.45, 7) is 6.44. The smallest absolute Gasteiger partial charge is 0.343 e. The second kappa shape index (κ2) is 29.1. The van der Waals surface area contributed by atoms with Gasteiger partial charge in [0, 0.05) is 135 Å². The van der Waals surface area contributed by atoms with Crippen molar-refractivity contribution < 1.29 is 48.7 Å². The summed E-state index contributed by atoms with van der Waals surface area (Å²) in [4.78, 5) is 65.2. The summed E-state index contributed by atoms with van der Waals surface area (Å²) in [5.74, 6) is 0.315. The number of nitrogens with one attached hydrogen (secondary N) is 4. The first-order valence-electron chi connectivity index (χ1n) is 34.0. The zero-order chi connectivity index (χ0) is 69.1. The van der Waals surface area contributed by atoms with Gasteiger partial charge in [-0.2, -0.15) is 28.8 Å². The zero-order valence-corrected chi connectivity index (χ0v) is 55.9. The maximum absolute atomic E-state index is 13.0. The van der Waals surface area contributed by atoms with Crippen LogP contribution in [-0.4, -0.2) is 197 Å². The molecule has 100 heavy (non-hydrogen) atoms. The van der Waals surface area contributed by atoms with Gasteiger partial charge in [0.15, 0.2) is 16.9 Å². The molecular weight excluding hydrogens is 1280 g/mol. The highest BCUT2D eigenvalue weighted by molar-refractivity contribution is 6.02. The number of nitrogens with two attached hydrogens (primary N) is 1. The number of pyridine rings is 3. The highest BCUT2D eigenvalue weighted by Crippen LogP contribution is 2.39. The van der Waals surface area contributed by atoms with Gasteiger partial charge in [-0.1, -0.05) is 0 Å². The van der Waals surface area contributed by atoms with E-state index in [0.29, 0.717) is 71.6 Å². The molecule has 0 aromatic carbocycles. The van der Waals surface area contributed by atoms with E-state index in [-0.39, 0.29) is 54.4 Å². The van der Waals surface area contributed by atoms with E-state index >= 15 is 0 Å². The number of fused-ring (bicyclic) bond motifs is 6. The molecule has 9 N–H and O–H groups in total. The fraction of sp³-hybridized carbons (Fsp3) is 0.400. The standard InChI is InChI=1S/C24H27N7O3.C22H24N6O3.C20H20N6O3.C4H9NO/c1-25-21-10-19(28-23-16(11-27-31(21)23)24(33)29-18-6-7-20(18)32)17-12-30(14-4-3-9-34-13-14)22-15(17)5-2-8-26-22;1-3-31-22(29)16-11-25-28-19(23-2)10-18(26-21(16)28)17-12-27(14-6-5-9-30-13-14)20-15(17)7-4-8-24-20;1-21-17-8-16(24-19-14(20(27)28)9-23-26(17)19)15-10-25(12-4-3-7-29-11-12)18-13(15)5-2-6-22-18;5-3-1-2-4(3)6/h2,5,8,10-12,14,18,20,25,32H,3-4,6-7,9,13H2,1H3,(H,29,33);4,7-8,10-12,14,23H,3,5-6,9,13H2,1-2H3;2,5-6,8-10,12,21H,3-4,7,11H2,1H3,(H,27,28);3-4,6H,1-2,5H2/t14-,18+,20-;14-;12-;3-,4+/m1110/s1. The monoisotopic (exact) mass is 1360 g/mol. The maximum atomic E-state index is 13.0. The summed E-state index contributed by atoms with van der Waals surface area (Å²) in [5, 5.41) is 56.1. The molecule has 0 radical (unpaired) electrons. The molecule has 30 nitrogen and oxygen atoms in total. The van der Waals surface area contributed by atoms with Crippen LogP contribution in [0.3, 0.4) is 0 Å². The fourth-order valence-electron chi connectivity index (χ4n) is 13.4. The summed E-state index contributed by atoms with van der Waals surface area (Å²) in [6, 6.07) is 18.1. The van der Waals surface area contributed by atoms with Gasteiger partial charge in [0.05, 0.1) is 98.5 Å². The minimum atomic E-state index is -1.06. The summed E-state index contributed by atoms with van der Waals surface area (Å²) >= 11 is 0. The van der Waals surface area contributed by atoms with Crippen molar-refractivity contribution in [3.8, 4) is 33.8 Å². The number of aromatic nitrogens is 15. The average molecular weight is 1360 g/mol. The molecule has 520 valence electrons. The number of anilines is 3. The number of nitrogens with zero attached hydrogens (tertiary/aromatic N) is 15. The van der Waals surface area contributed by atoms with Crippen molar-refractivity contribution in [1.29, 1.82) is 0 Å². The van der Waals surface area contributed by atoms with Gasteiger partial charge in [0.25, 0.3) is 5.91 Å². The van der Waals surface area contributed by atoms with Crippen LogP contribution in [0.15, 0.2) is 110 Å². The lowest BCUT2D eigenvalue weighted by Gasteiger charge is -2.32. The molecule has 7 atom stereocenters. The Balaban J connectivity index is 0.000000123. The Hall–Kier alpha value is -10.5. The number of carbonyl (C=O) groups is 3. The van der Waals surface area contributed by atoms with E-state index in [0.717, 1.165) is 145 Å². The summed E-state index contributed by atoms with van der Waals surface area (Å²) in [6.07, 6.45) is 24.8. The van der Waals surface area contributed by atoms with Crippen molar-refractivity contribution in [2.45, 2.75) is 114 Å². The predicted octanol–water partition coefficient (Wildman–Crippen LogP) is 8.01. The highest BCUT2D eigenvalue weighted by atomic mass is 16.5. The minimum absolute atomic E-state index is 0.0610. The summed E-state index contributed by atoms with van der Waals surface area (Å²) in [7, 11) is 5.40. The maximum Gasteiger partial charge on any atom is 0.343 e. The number of hydrogen-bond acceptors (Lipinski definition) is 22. The molecule has 12 aromatic heterocycles. The Labute approximate surface area is 572 Å². The Morgan fingerprint density at radius 1 is 0.540 bits per heavy atom. The quantitative estimate of drug-likeness (QED) is 0.0478. The van der Waals surface area contributed by atoms with Crippen LogP contribution >= 0.6 is 0 Å². The number of rotatable bonds is 14. The van der Waals surface area contributed by atoms with Crippen molar-refractivity contribution in [1.82, 2.24) is 77.8 Å². The van der Waals surface area contributed by atoms with E-state index in [4.69, 9.17) is 39.8 Å². The van der Waals surface area contributed by atoms with E-state index < -0.39 is 18.0 Å². The normalized spacial score (nSPS) is 20.5. The third-order valence-electron chi connectivity index (χ3n) is 19.2. The van der Waals surface area contributed by atoms with Crippen LogP contribution in [0.4, 0.5) is 17.5 Å². The predicted molar refractivity (Wildman–Crippen MR) is 374 cm³/mol. The third-order valence-corrected chi connectivity index (χ3v) is 19.2. The SMILES string of the molecule is CCOC(=O)c1cnn2c(NC)cc(-c3cn([C@@H]4CCCOC4)c4ncccc34)nc12.CNc1cc(-c2cn([C@@H]3CCCOC3)c3ncccc23)nc2c(C(=O)N[C@H]3CC[C@H]3O)cnn12.CNc1cc(-c2cn([C@@H]3CCCOC3)c3ncccc23)nc2c(C(=O)O)cnn12.N[C@H]1CC[C@H]1O. The van der Waals surface area contributed by atoms with Crippen LogP contribution < -0.4 is 27.0 Å². The van der Waals surface area contributed by atoms with E-state index in [2.05, 4.69) is 82.6 Å². The second-order valence-electron chi connectivity index (χ2n) is 25.4. The number of carbonyl (C=O) groups excluding carboxylic acids is 2. The van der Waals surface area contributed by atoms with Gasteiger partial charge < -0.3 is 75.0 Å². The molecule has 0 unspecified atom stereocenters. The number of carboxylic acid groups (broad SMARTS) is 1. The van der Waals surface area contributed by atoms with Gasteiger partial charge in [-0.25, -0.2) is 39.5 Å². The molecule has 15 heterocycles. The summed E-state index contributed by atoms with van der Waals surface area (Å²) in [5.41, 5.74) is 14.8. The first-order valence-corrected chi connectivity index (χ1v) is 34.0. The van der Waals surface area contributed by atoms with Gasteiger partial charge in [0.1, 0.15) is 51.1 Å². The molecule has 1 amide bonds. The molecule has 0 spiro atoms. The number of aliphatic hydroxyl groups is 2. The highest BCUT2D eigenvalue weighted by Gasteiger charge is 2.33. The molecule has 30 heteroatoms. The fourth-order valence-corrected chi connectivity index (χ4v) is 13.4.